The van der Waals surface area contributed by atoms with Gasteiger partial charge in [0, 0.05) is 12.8 Å². The first kappa shape index (κ1) is 46.4. The van der Waals surface area contributed by atoms with Gasteiger partial charge in [-0.25, -0.2) is 4.57 Å². The van der Waals surface area contributed by atoms with Crippen molar-refractivity contribution in [1.82, 2.24) is 0 Å². The van der Waals surface area contributed by atoms with Gasteiger partial charge in [-0.2, -0.15) is 0 Å². The number of hydrogen-bond donors (Lipinski definition) is 3. The second kappa shape index (κ2) is 33.9. The number of allylic oxidation sites excluding steroid dienone is 12. The van der Waals surface area contributed by atoms with Crippen molar-refractivity contribution >= 4 is 19.8 Å². The van der Waals surface area contributed by atoms with E-state index in [2.05, 4.69) is 79.1 Å². The molecule has 10 nitrogen and oxygen atoms in total. The van der Waals surface area contributed by atoms with E-state index < -0.39 is 51.8 Å². The smallest absolute Gasteiger partial charge is 0.462 e. The Morgan fingerprint density at radius 3 is 1.65 bits per heavy atom. The standard InChI is InChI=1S/C38H63O10P/c1-3-5-7-9-11-12-13-14-15-16-17-18-19-20-21-22-24-25-27-29-37(41)45-33-36(34-47-49(43,44)46-32-35(40)31-39)48-38(42)30-28-26-23-10-8-6-4-2/h5,7,11-12,14-15,17-18,20-21,24-25,35-36,39-40H,3-4,6,8-10,13,16,19,22-23,26-34H2,1-2H3,(H,43,44)/b7-5+,12-11+,15-14+,18-17+,21-20+,25-24+/t35-,36+/m1/s1. The Morgan fingerprint density at radius 1 is 0.633 bits per heavy atom. The summed E-state index contributed by atoms with van der Waals surface area (Å²) in [6.07, 6.45) is 36.3. The van der Waals surface area contributed by atoms with Crippen LogP contribution in [-0.2, 0) is 32.7 Å². The second-order valence-corrected chi connectivity index (χ2v) is 13.0. The molecule has 3 atom stereocenters. The third-order valence-electron chi connectivity index (χ3n) is 6.89. The molecule has 0 aliphatic carbocycles. The van der Waals surface area contributed by atoms with Crippen LogP contribution < -0.4 is 0 Å². The minimum atomic E-state index is -4.62. The van der Waals surface area contributed by atoms with Gasteiger partial charge in [-0.1, -0.05) is 125 Å². The molecule has 0 heterocycles. The van der Waals surface area contributed by atoms with E-state index in [-0.39, 0.29) is 19.4 Å². The van der Waals surface area contributed by atoms with Crippen molar-refractivity contribution in [3.63, 3.8) is 0 Å². The van der Waals surface area contributed by atoms with Crippen LogP contribution in [0.3, 0.4) is 0 Å². The quantitative estimate of drug-likeness (QED) is 0.0268. The number of esters is 2. The molecule has 0 aliphatic heterocycles. The van der Waals surface area contributed by atoms with Crippen molar-refractivity contribution in [2.24, 2.45) is 0 Å². The van der Waals surface area contributed by atoms with Crippen LogP contribution in [0.1, 0.15) is 117 Å². The van der Waals surface area contributed by atoms with E-state index in [1.807, 2.05) is 12.2 Å². The number of ether oxygens (including phenoxy) is 2. The maximum Gasteiger partial charge on any atom is 0.472 e. The van der Waals surface area contributed by atoms with E-state index in [1.54, 1.807) is 0 Å². The summed E-state index contributed by atoms with van der Waals surface area (Å²) in [4.78, 5) is 34.6. The number of unbranched alkanes of at least 4 members (excludes halogenated alkanes) is 6. The maximum absolute atomic E-state index is 12.4. The Hall–Kier alpha value is -2.59. The van der Waals surface area contributed by atoms with E-state index in [0.29, 0.717) is 12.8 Å². The van der Waals surface area contributed by atoms with Gasteiger partial charge in [0.15, 0.2) is 6.10 Å². The molecule has 280 valence electrons. The second-order valence-electron chi connectivity index (χ2n) is 11.5. The summed E-state index contributed by atoms with van der Waals surface area (Å²) in [5.74, 6) is -1.04. The number of aliphatic hydroxyl groups excluding tert-OH is 2. The lowest BCUT2D eigenvalue weighted by Gasteiger charge is -2.20. The van der Waals surface area contributed by atoms with Gasteiger partial charge in [0.1, 0.15) is 12.7 Å². The Morgan fingerprint density at radius 2 is 1.12 bits per heavy atom. The molecule has 0 saturated heterocycles. The predicted octanol–water partition coefficient (Wildman–Crippen LogP) is 8.55. The van der Waals surface area contributed by atoms with Crippen LogP contribution in [0.5, 0.6) is 0 Å². The molecule has 0 rings (SSSR count). The summed E-state index contributed by atoms with van der Waals surface area (Å²) in [6.45, 7) is 2.08. The van der Waals surface area contributed by atoms with Gasteiger partial charge in [0.25, 0.3) is 0 Å². The van der Waals surface area contributed by atoms with Crippen LogP contribution in [0.15, 0.2) is 72.9 Å². The van der Waals surface area contributed by atoms with Crippen molar-refractivity contribution in [2.75, 3.05) is 26.4 Å². The Bertz CT molecular complexity index is 1050. The molecule has 0 aliphatic rings. The predicted molar refractivity (Wildman–Crippen MR) is 196 cm³/mol. The molecule has 0 aromatic carbocycles. The van der Waals surface area contributed by atoms with Gasteiger partial charge in [-0.3, -0.25) is 18.6 Å². The number of hydrogen-bond acceptors (Lipinski definition) is 9. The fourth-order valence-corrected chi connectivity index (χ4v) is 4.92. The fraction of sp³-hybridized carbons (Fsp3) is 0.632. The molecular weight excluding hydrogens is 647 g/mol. The van der Waals surface area contributed by atoms with Gasteiger partial charge in [0.2, 0.25) is 0 Å². The normalized spacial score (nSPS) is 15.0. The molecular formula is C38H63O10P. The summed E-state index contributed by atoms with van der Waals surface area (Å²) in [5.41, 5.74) is 0. The molecule has 49 heavy (non-hydrogen) atoms. The number of carbonyl (C=O) groups is 2. The van der Waals surface area contributed by atoms with Crippen LogP contribution >= 0.6 is 7.82 Å². The summed E-state index contributed by atoms with van der Waals surface area (Å²) in [5, 5.41) is 18.2. The van der Waals surface area contributed by atoms with E-state index >= 15 is 0 Å². The number of phosphoric ester groups is 1. The van der Waals surface area contributed by atoms with Crippen LogP contribution in [0.4, 0.5) is 0 Å². The minimum absolute atomic E-state index is 0.113. The van der Waals surface area contributed by atoms with Crippen molar-refractivity contribution in [3.05, 3.63) is 72.9 Å². The maximum atomic E-state index is 12.4. The van der Waals surface area contributed by atoms with Crippen molar-refractivity contribution < 1.29 is 47.8 Å². The van der Waals surface area contributed by atoms with Crippen molar-refractivity contribution in [3.8, 4) is 0 Å². The van der Waals surface area contributed by atoms with Gasteiger partial charge in [-0.05, 0) is 51.4 Å². The van der Waals surface area contributed by atoms with Crippen LogP contribution in [-0.4, -0.2) is 65.7 Å². The molecule has 0 radical (unpaired) electrons. The molecule has 0 aromatic heterocycles. The average molecular weight is 711 g/mol. The molecule has 0 spiro atoms. The lowest BCUT2D eigenvalue weighted by molar-refractivity contribution is -0.161. The van der Waals surface area contributed by atoms with Crippen LogP contribution in [0, 0.1) is 0 Å². The molecule has 0 bridgehead atoms. The average Bonchev–Trinajstić information content (AvgIpc) is 3.09. The van der Waals surface area contributed by atoms with Crippen LogP contribution in [0.25, 0.3) is 0 Å². The van der Waals surface area contributed by atoms with E-state index in [1.165, 1.54) is 12.8 Å². The molecule has 0 fully saturated rings. The molecule has 0 amide bonds. The first-order valence-corrected chi connectivity index (χ1v) is 19.4. The summed E-state index contributed by atoms with van der Waals surface area (Å²) >= 11 is 0. The lowest BCUT2D eigenvalue weighted by Crippen LogP contribution is -2.29. The first-order chi connectivity index (χ1) is 23.7. The largest absolute Gasteiger partial charge is 0.472 e. The zero-order valence-corrected chi connectivity index (χ0v) is 30.8. The van der Waals surface area contributed by atoms with Gasteiger partial charge < -0.3 is 24.6 Å². The summed E-state index contributed by atoms with van der Waals surface area (Å²) < 4.78 is 32.3. The Labute approximate surface area is 295 Å². The summed E-state index contributed by atoms with van der Waals surface area (Å²) in [7, 11) is -4.62. The lowest BCUT2D eigenvalue weighted by atomic mass is 10.1. The number of phosphoric acid groups is 1. The first-order valence-electron chi connectivity index (χ1n) is 17.9. The fourth-order valence-electron chi connectivity index (χ4n) is 4.13. The highest BCUT2D eigenvalue weighted by molar-refractivity contribution is 7.47. The molecule has 0 saturated carbocycles. The van der Waals surface area contributed by atoms with Crippen molar-refractivity contribution in [1.29, 1.82) is 0 Å². The third kappa shape index (κ3) is 33.7. The summed E-state index contributed by atoms with van der Waals surface area (Å²) in [6, 6.07) is 0. The number of aliphatic hydroxyl groups is 2. The zero-order chi connectivity index (χ0) is 36.3. The highest BCUT2D eigenvalue weighted by atomic mass is 31.2. The SMILES string of the molecule is CC/C=C/C/C=C/C/C=C/C/C=C/C/C=C/C/C=C/CCC(=O)OC[C@@H](COP(=O)(O)OC[C@H](O)CO)OC(=O)CCCCCCCCC. The van der Waals surface area contributed by atoms with E-state index in [0.717, 1.165) is 64.2 Å². The molecule has 3 N–H and O–H groups in total. The Kier molecular flexibility index (Phi) is 32.1. The topological polar surface area (TPSA) is 149 Å². The number of rotatable bonds is 32. The molecule has 1 unspecified atom stereocenters. The monoisotopic (exact) mass is 710 g/mol. The number of carbonyl (C=O) groups excluding carboxylic acids is 2. The van der Waals surface area contributed by atoms with Gasteiger partial charge >= 0.3 is 19.8 Å². The minimum Gasteiger partial charge on any atom is -0.462 e. The van der Waals surface area contributed by atoms with Crippen LogP contribution in [0.2, 0.25) is 0 Å². The third-order valence-corrected chi connectivity index (χ3v) is 7.84. The molecule has 11 heteroatoms. The van der Waals surface area contributed by atoms with Gasteiger partial charge in [-0.15, -0.1) is 0 Å². The van der Waals surface area contributed by atoms with E-state index in [4.69, 9.17) is 19.1 Å². The Balaban J connectivity index is 4.45. The van der Waals surface area contributed by atoms with Crippen molar-refractivity contribution in [2.45, 2.75) is 129 Å². The molecule has 0 aromatic rings. The zero-order valence-electron chi connectivity index (χ0n) is 29.9. The van der Waals surface area contributed by atoms with Gasteiger partial charge in [0.05, 0.1) is 19.8 Å². The highest BCUT2D eigenvalue weighted by Gasteiger charge is 2.27. The van der Waals surface area contributed by atoms with E-state index in [9.17, 15) is 24.2 Å². The highest BCUT2D eigenvalue weighted by Crippen LogP contribution is 2.43.